The van der Waals surface area contributed by atoms with Crippen LogP contribution in [-0.2, 0) is 0 Å². The average Bonchev–Trinajstić information content (AvgIpc) is 2.64. The number of benzene rings is 1. The van der Waals surface area contributed by atoms with Gasteiger partial charge < -0.3 is 0 Å². The second kappa shape index (κ2) is 5.34. The molecule has 0 aliphatic carbocycles. The van der Waals surface area contributed by atoms with Gasteiger partial charge >= 0.3 is 0 Å². The summed E-state index contributed by atoms with van der Waals surface area (Å²) in [6.07, 6.45) is 0. The molecular formula is C9H7BrN2S3. The van der Waals surface area contributed by atoms with Gasteiger partial charge in [-0.2, -0.15) is 0 Å². The summed E-state index contributed by atoms with van der Waals surface area (Å²) in [6.45, 7) is 1.96. The molecule has 78 valence electrons. The lowest BCUT2D eigenvalue weighted by molar-refractivity contribution is 0.986. The summed E-state index contributed by atoms with van der Waals surface area (Å²) in [5, 5.41) is 9.03. The van der Waals surface area contributed by atoms with Gasteiger partial charge in [-0.05, 0) is 42.0 Å². The van der Waals surface area contributed by atoms with Gasteiger partial charge in [0.2, 0.25) is 0 Å². The van der Waals surface area contributed by atoms with Crippen LogP contribution in [0, 0.1) is 6.92 Å². The number of rotatable bonds is 3. The zero-order valence-corrected chi connectivity index (χ0v) is 11.8. The van der Waals surface area contributed by atoms with Crippen LogP contribution in [-0.4, -0.2) is 10.2 Å². The van der Waals surface area contributed by atoms with E-state index in [9.17, 15) is 0 Å². The van der Waals surface area contributed by atoms with Gasteiger partial charge in [-0.15, -0.1) is 10.2 Å². The van der Waals surface area contributed by atoms with Gasteiger partial charge in [0.15, 0.2) is 4.34 Å². The molecular weight excluding hydrogens is 312 g/mol. The van der Waals surface area contributed by atoms with Crippen molar-refractivity contribution in [2.24, 2.45) is 0 Å². The molecule has 1 heterocycles. The van der Waals surface area contributed by atoms with Gasteiger partial charge in [-0.1, -0.05) is 38.1 Å². The number of aryl methyl sites for hydroxylation is 1. The molecule has 6 heteroatoms. The van der Waals surface area contributed by atoms with E-state index in [4.69, 9.17) is 0 Å². The quantitative estimate of drug-likeness (QED) is 0.783. The molecule has 1 aromatic carbocycles. The first-order valence-electron chi connectivity index (χ1n) is 4.14. The van der Waals surface area contributed by atoms with Crippen molar-refractivity contribution >= 4 is 48.9 Å². The van der Waals surface area contributed by atoms with E-state index in [2.05, 4.69) is 38.3 Å². The molecule has 0 aliphatic heterocycles. The van der Waals surface area contributed by atoms with Crippen molar-refractivity contribution in [3.63, 3.8) is 0 Å². The Labute approximate surface area is 108 Å². The summed E-state index contributed by atoms with van der Waals surface area (Å²) < 4.78 is 2.10. The van der Waals surface area contributed by atoms with Crippen LogP contribution in [0.15, 0.2) is 38.0 Å². The molecule has 0 bridgehead atoms. The maximum atomic E-state index is 4.05. The lowest BCUT2D eigenvalue weighted by Gasteiger charge is -1.97. The fraction of sp³-hybridized carbons (Fsp3) is 0.111. The van der Waals surface area contributed by atoms with Crippen molar-refractivity contribution in [2.45, 2.75) is 16.2 Å². The third-order valence-corrected chi connectivity index (χ3v) is 5.58. The Kier molecular flexibility index (Phi) is 4.07. The standard InChI is InChI=1S/C9H7BrN2S3/c1-6-11-12-9(13-6)15-14-8-4-2-7(10)3-5-8/h2-5H,1H3. The van der Waals surface area contributed by atoms with Gasteiger partial charge in [0, 0.05) is 9.37 Å². The predicted molar refractivity (Wildman–Crippen MR) is 70.5 cm³/mol. The third kappa shape index (κ3) is 3.48. The lowest BCUT2D eigenvalue weighted by Crippen LogP contribution is -1.70. The molecule has 0 N–H and O–H groups in total. The van der Waals surface area contributed by atoms with Gasteiger partial charge in [0.1, 0.15) is 5.01 Å². The van der Waals surface area contributed by atoms with Gasteiger partial charge in [-0.25, -0.2) is 0 Å². The van der Waals surface area contributed by atoms with Crippen LogP contribution in [0.5, 0.6) is 0 Å². The highest BCUT2D eigenvalue weighted by Gasteiger charge is 2.02. The van der Waals surface area contributed by atoms with Crippen molar-refractivity contribution in [1.82, 2.24) is 10.2 Å². The lowest BCUT2D eigenvalue weighted by atomic mass is 10.4. The zero-order valence-electron chi connectivity index (χ0n) is 7.81. The Morgan fingerprint density at radius 3 is 2.47 bits per heavy atom. The Bertz CT molecular complexity index is 441. The van der Waals surface area contributed by atoms with E-state index in [1.807, 2.05) is 19.1 Å². The fourth-order valence-corrected chi connectivity index (χ4v) is 4.10. The Morgan fingerprint density at radius 2 is 1.87 bits per heavy atom. The second-order valence-electron chi connectivity index (χ2n) is 2.71. The minimum Gasteiger partial charge on any atom is -0.143 e. The van der Waals surface area contributed by atoms with Crippen molar-refractivity contribution in [3.05, 3.63) is 33.7 Å². The van der Waals surface area contributed by atoms with Crippen molar-refractivity contribution in [1.29, 1.82) is 0 Å². The minimum absolute atomic E-state index is 1.00. The highest BCUT2D eigenvalue weighted by atomic mass is 79.9. The van der Waals surface area contributed by atoms with Gasteiger partial charge in [0.25, 0.3) is 0 Å². The first-order chi connectivity index (χ1) is 7.24. The molecule has 2 nitrogen and oxygen atoms in total. The molecule has 0 saturated carbocycles. The molecule has 0 saturated heterocycles. The van der Waals surface area contributed by atoms with Crippen LogP contribution in [0.25, 0.3) is 0 Å². The Morgan fingerprint density at radius 1 is 1.13 bits per heavy atom. The summed E-state index contributed by atoms with van der Waals surface area (Å²) in [6, 6.07) is 8.23. The molecule has 0 aliphatic rings. The number of hydrogen-bond donors (Lipinski definition) is 0. The summed E-state index contributed by atoms with van der Waals surface area (Å²) in [5.74, 6) is 0. The van der Waals surface area contributed by atoms with E-state index in [0.29, 0.717) is 0 Å². The van der Waals surface area contributed by atoms with E-state index in [0.717, 1.165) is 13.8 Å². The summed E-state index contributed by atoms with van der Waals surface area (Å²) in [5.41, 5.74) is 0. The average molecular weight is 319 g/mol. The predicted octanol–water partition coefficient (Wildman–Crippen LogP) is 4.41. The maximum absolute atomic E-state index is 4.05. The minimum atomic E-state index is 1.00. The first-order valence-corrected chi connectivity index (χ1v) is 7.90. The normalized spacial score (nSPS) is 10.5. The van der Waals surface area contributed by atoms with E-state index in [1.165, 1.54) is 4.90 Å². The van der Waals surface area contributed by atoms with Crippen LogP contribution in [0.4, 0.5) is 0 Å². The maximum Gasteiger partial charge on any atom is 0.185 e. The molecule has 1 aromatic heterocycles. The van der Waals surface area contributed by atoms with Crippen LogP contribution in [0.1, 0.15) is 5.01 Å². The monoisotopic (exact) mass is 318 g/mol. The second-order valence-corrected chi connectivity index (χ2v) is 7.25. The van der Waals surface area contributed by atoms with Gasteiger partial charge in [0.05, 0.1) is 0 Å². The van der Waals surface area contributed by atoms with Crippen molar-refractivity contribution in [3.8, 4) is 0 Å². The molecule has 2 rings (SSSR count). The highest BCUT2D eigenvalue weighted by molar-refractivity contribution is 9.10. The molecule has 0 amide bonds. The summed E-state index contributed by atoms with van der Waals surface area (Å²) in [7, 11) is 3.35. The van der Waals surface area contributed by atoms with E-state index in [-0.39, 0.29) is 0 Å². The van der Waals surface area contributed by atoms with Crippen LogP contribution in [0.2, 0.25) is 0 Å². The zero-order chi connectivity index (χ0) is 10.7. The number of hydrogen-bond acceptors (Lipinski definition) is 5. The van der Waals surface area contributed by atoms with Crippen LogP contribution < -0.4 is 0 Å². The van der Waals surface area contributed by atoms with E-state index < -0.39 is 0 Å². The van der Waals surface area contributed by atoms with E-state index >= 15 is 0 Å². The molecule has 0 atom stereocenters. The number of nitrogens with zero attached hydrogens (tertiary/aromatic N) is 2. The number of aromatic nitrogens is 2. The molecule has 0 spiro atoms. The van der Waals surface area contributed by atoms with Crippen molar-refractivity contribution < 1.29 is 0 Å². The Hall–Kier alpha value is -0.0400. The van der Waals surface area contributed by atoms with Crippen LogP contribution >= 0.6 is 48.9 Å². The largest absolute Gasteiger partial charge is 0.185 e. The third-order valence-electron chi connectivity index (χ3n) is 1.53. The summed E-state index contributed by atoms with van der Waals surface area (Å²) >= 11 is 5.03. The molecule has 0 radical (unpaired) electrons. The fourth-order valence-electron chi connectivity index (χ4n) is 0.886. The Balaban J connectivity index is 1.96. The number of halogens is 1. The van der Waals surface area contributed by atoms with E-state index in [1.54, 1.807) is 32.9 Å². The first kappa shape index (κ1) is 11.4. The molecule has 15 heavy (non-hydrogen) atoms. The topological polar surface area (TPSA) is 25.8 Å². The molecule has 0 fully saturated rings. The van der Waals surface area contributed by atoms with Gasteiger partial charge in [-0.3, -0.25) is 0 Å². The molecule has 0 unspecified atom stereocenters. The van der Waals surface area contributed by atoms with Crippen LogP contribution in [0.3, 0.4) is 0 Å². The smallest absolute Gasteiger partial charge is 0.143 e. The SMILES string of the molecule is Cc1nnc(SSc2ccc(Br)cc2)s1. The van der Waals surface area contributed by atoms with Crippen molar-refractivity contribution in [2.75, 3.05) is 0 Å². The highest BCUT2D eigenvalue weighted by Crippen LogP contribution is 2.38. The molecule has 2 aromatic rings. The summed E-state index contributed by atoms with van der Waals surface area (Å²) in [4.78, 5) is 1.22.